The van der Waals surface area contributed by atoms with Crippen molar-refractivity contribution in [3.05, 3.63) is 76.3 Å². The number of pyridine rings is 1. The van der Waals surface area contributed by atoms with Crippen LogP contribution in [0.2, 0.25) is 0 Å². The van der Waals surface area contributed by atoms with Gasteiger partial charge in [-0.3, -0.25) is 15.0 Å². The van der Waals surface area contributed by atoms with Gasteiger partial charge in [0.15, 0.2) is 0 Å². The van der Waals surface area contributed by atoms with Crippen molar-refractivity contribution >= 4 is 24.4 Å². The number of benzene rings is 1. The summed E-state index contributed by atoms with van der Waals surface area (Å²) in [5, 5.41) is 3.25. The first-order chi connectivity index (χ1) is 13.2. The molecule has 0 radical (unpaired) electrons. The lowest BCUT2D eigenvalue weighted by Gasteiger charge is -2.21. The van der Waals surface area contributed by atoms with E-state index < -0.39 is 0 Å². The molecule has 0 aliphatic heterocycles. The summed E-state index contributed by atoms with van der Waals surface area (Å²) in [4.78, 5) is 11.0. The second-order valence-corrected chi connectivity index (χ2v) is 7.05. The van der Waals surface area contributed by atoms with Gasteiger partial charge in [-0.15, -0.1) is 0 Å². The third-order valence-corrected chi connectivity index (χ3v) is 4.81. The smallest absolute Gasteiger partial charge is 0.217 e. The molecule has 2 heterocycles. The topological polar surface area (TPSA) is 49.7 Å². The molecular weight excluding hydrogens is 361 g/mol. The van der Waals surface area contributed by atoms with Crippen molar-refractivity contribution in [2.24, 2.45) is 0 Å². The maximum Gasteiger partial charge on any atom is 0.217 e. The zero-order valence-corrected chi connectivity index (χ0v) is 15.6. The number of hydrogen-bond acceptors (Lipinski definition) is 4. The zero-order valence-electron chi connectivity index (χ0n) is 14.8. The molecule has 1 fully saturated rings. The maximum absolute atomic E-state index is 13.0. The summed E-state index contributed by atoms with van der Waals surface area (Å²) in [7, 11) is 0. The molecule has 1 saturated carbocycles. The van der Waals surface area contributed by atoms with Gasteiger partial charge in [-0.1, -0.05) is 24.3 Å². The van der Waals surface area contributed by atoms with Gasteiger partial charge in [0.1, 0.15) is 11.6 Å². The van der Waals surface area contributed by atoms with Gasteiger partial charge in [0.2, 0.25) is 4.77 Å². The molecule has 2 aromatic heterocycles. The van der Waals surface area contributed by atoms with Crippen LogP contribution in [0.4, 0.5) is 4.39 Å². The predicted molar refractivity (Wildman–Crippen MR) is 106 cm³/mol. The molecule has 0 spiro atoms. The van der Waals surface area contributed by atoms with Crippen molar-refractivity contribution < 1.29 is 4.39 Å². The predicted octanol–water partition coefficient (Wildman–Crippen LogP) is 4.27. The lowest BCUT2D eigenvalue weighted by atomic mass is 10.2. The van der Waals surface area contributed by atoms with E-state index in [1.807, 2.05) is 29.1 Å². The first-order valence-electron chi connectivity index (χ1n) is 8.91. The van der Waals surface area contributed by atoms with E-state index in [0.717, 1.165) is 12.1 Å². The summed E-state index contributed by atoms with van der Waals surface area (Å²) in [6.07, 6.45) is 9.83. The van der Waals surface area contributed by atoms with Gasteiger partial charge in [0, 0.05) is 25.0 Å². The number of hydrogen-bond donors (Lipinski definition) is 1. The normalized spacial score (nSPS) is 14.3. The summed E-state index contributed by atoms with van der Waals surface area (Å²) in [5.41, 5.74) is 2.09. The van der Waals surface area contributed by atoms with Gasteiger partial charge in [-0.25, -0.2) is 9.07 Å². The fourth-order valence-electron chi connectivity index (χ4n) is 2.94. The van der Waals surface area contributed by atoms with Crippen molar-refractivity contribution in [1.29, 1.82) is 0 Å². The fourth-order valence-corrected chi connectivity index (χ4v) is 3.14. The van der Waals surface area contributed by atoms with E-state index in [4.69, 9.17) is 12.2 Å². The Bertz CT molecular complexity index is 974. The van der Waals surface area contributed by atoms with E-state index in [-0.39, 0.29) is 5.82 Å². The molecule has 0 unspecified atom stereocenters. The summed E-state index contributed by atoms with van der Waals surface area (Å²) in [6.45, 7) is 1.50. The summed E-state index contributed by atoms with van der Waals surface area (Å²) >= 11 is 5.41. The van der Waals surface area contributed by atoms with E-state index in [9.17, 15) is 4.39 Å². The van der Waals surface area contributed by atoms with Crippen LogP contribution < -0.4 is 0 Å². The maximum atomic E-state index is 13.0. The summed E-state index contributed by atoms with van der Waals surface area (Å²) in [5.74, 6) is 0.436. The molecule has 27 heavy (non-hydrogen) atoms. The SMILES string of the molecule is Fc1ccc(C=Cc2nc(=S)n(CN(Cc3cccnc3)C3CC3)[nH]2)cc1. The Kier molecular flexibility index (Phi) is 5.22. The van der Waals surface area contributed by atoms with E-state index in [1.165, 1.54) is 30.5 Å². The average Bonchev–Trinajstić information content (AvgIpc) is 3.46. The number of rotatable bonds is 7. The van der Waals surface area contributed by atoms with E-state index in [0.29, 0.717) is 23.3 Å². The number of aromatic nitrogens is 4. The molecule has 0 saturated heterocycles. The second kappa shape index (κ2) is 7.94. The molecule has 1 aliphatic carbocycles. The highest BCUT2D eigenvalue weighted by atomic mass is 32.1. The van der Waals surface area contributed by atoms with Crippen molar-refractivity contribution in [2.45, 2.75) is 32.1 Å². The molecular formula is C20H20FN5S. The van der Waals surface area contributed by atoms with Gasteiger partial charge >= 0.3 is 0 Å². The highest BCUT2D eigenvalue weighted by Crippen LogP contribution is 2.28. The second-order valence-electron chi connectivity index (χ2n) is 6.69. The van der Waals surface area contributed by atoms with Crippen LogP contribution in [0, 0.1) is 10.6 Å². The largest absolute Gasteiger partial charge is 0.278 e. The van der Waals surface area contributed by atoms with Crippen LogP contribution in [0.25, 0.3) is 12.2 Å². The van der Waals surface area contributed by atoms with Crippen molar-refractivity contribution in [3.8, 4) is 0 Å². The third-order valence-electron chi connectivity index (χ3n) is 4.49. The minimum atomic E-state index is -0.246. The van der Waals surface area contributed by atoms with Crippen molar-refractivity contribution in [1.82, 2.24) is 24.6 Å². The average molecular weight is 381 g/mol. The quantitative estimate of drug-likeness (QED) is 0.621. The van der Waals surface area contributed by atoms with E-state index in [2.05, 4.69) is 26.0 Å². The Morgan fingerprint density at radius 1 is 1.22 bits per heavy atom. The standard InChI is InChI=1S/C20H20FN5S/c21-17-6-3-15(4-7-17)5-10-19-23-20(27)26(24-19)14-25(18-8-9-18)13-16-2-1-11-22-12-16/h1-7,10-12,18H,8-9,13-14H2,(H,23,24,27). The molecule has 138 valence electrons. The first-order valence-corrected chi connectivity index (χ1v) is 9.32. The van der Waals surface area contributed by atoms with Crippen LogP contribution in [0.1, 0.15) is 29.8 Å². The Morgan fingerprint density at radius 2 is 2.04 bits per heavy atom. The number of H-pyrrole nitrogens is 1. The third kappa shape index (κ3) is 4.75. The van der Waals surface area contributed by atoms with Gasteiger partial charge in [0.05, 0.1) is 6.67 Å². The Balaban J connectivity index is 1.47. The van der Waals surface area contributed by atoms with Crippen LogP contribution in [0.3, 0.4) is 0 Å². The summed E-state index contributed by atoms with van der Waals surface area (Å²) in [6, 6.07) is 10.9. The number of aromatic amines is 1. The van der Waals surface area contributed by atoms with Gasteiger partial charge in [-0.05, 0) is 60.5 Å². The van der Waals surface area contributed by atoms with E-state index in [1.54, 1.807) is 18.3 Å². The first kappa shape index (κ1) is 17.8. The number of nitrogens with one attached hydrogen (secondary N) is 1. The molecule has 0 bridgehead atoms. The molecule has 0 amide bonds. The van der Waals surface area contributed by atoms with Crippen LogP contribution in [-0.4, -0.2) is 30.7 Å². The van der Waals surface area contributed by atoms with Gasteiger partial charge in [-0.2, -0.15) is 4.98 Å². The highest BCUT2D eigenvalue weighted by Gasteiger charge is 2.29. The number of halogens is 1. The molecule has 0 atom stereocenters. The monoisotopic (exact) mass is 381 g/mol. The van der Waals surface area contributed by atoms with Crippen molar-refractivity contribution in [3.63, 3.8) is 0 Å². The lowest BCUT2D eigenvalue weighted by Crippen LogP contribution is -2.29. The van der Waals surface area contributed by atoms with E-state index >= 15 is 0 Å². The minimum Gasteiger partial charge on any atom is -0.278 e. The lowest BCUT2D eigenvalue weighted by molar-refractivity contribution is 0.186. The minimum absolute atomic E-state index is 0.246. The molecule has 3 aromatic rings. The van der Waals surface area contributed by atoms with Gasteiger partial charge < -0.3 is 0 Å². The number of nitrogens with zero attached hydrogens (tertiary/aromatic N) is 4. The zero-order chi connectivity index (χ0) is 18.6. The van der Waals surface area contributed by atoms with Crippen LogP contribution in [0.15, 0.2) is 48.8 Å². The summed E-state index contributed by atoms with van der Waals surface area (Å²) < 4.78 is 15.4. The van der Waals surface area contributed by atoms with Crippen LogP contribution in [-0.2, 0) is 13.2 Å². The van der Waals surface area contributed by atoms with Crippen LogP contribution >= 0.6 is 12.2 Å². The molecule has 4 rings (SSSR count). The Morgan fingerprint density at radius 3 is 2.74 bits per heavy atom. The Labute approximate surface area is 162 Å². The molecule has 1 aromatic carbocycles. The fraction of sp³-hybridized carbons (Fsp3) is 0.250. The van der Waals surface area contributed by atoms with Crippen LogP contribution in [0.5, 0.6) is 0 Å². The van der Waals surface area contributed by atoms with Crippen molar-refractivity contribution in [2.75, 3.05) is 0 Å². The highest BCUT2D eigenvalue weighted by molar-refractivity contribution is 7.71. The van der Waals surface area contributed by atoms with Gasteiger partial charge in [0.25, 0.3) is 0 Å². The molecule has 1 N–H and O–H groups in total. The Hall–Kier alpha value is -2.64. The molecule has 7 heteroatoms. The molecule has 1 aliphatic rings. The molecule has 5 nitrogen and oxygen atoms in total.